The highest BCUT2D eigenvalue weighted by Gasteiger charge is 2.50. The maximum Gasteiger partial charge on any atom is 0.227 e. The van der Waals surface area contributed by atoms with Crippen LogP contribution in [0.3, 0.4) is 0 Å². The van der Waals surface area contributed by atoms with Crippen LogP contribution >= 0.6 is 0 Å². The molecule has 0 saturated carbocycles. The van der Waals surface area contributed by atoms with Gasteiger partial charge >= 0.3 is 0 Å². The van der Waals surface area contributed by atoms with Crippen LogP contribution in [0.4, 0.5) is 11.4 Å². The molecule has 6 bridgehead atoms. The molecule has 2 aromatic rings. The SMILES string of the molecule is COc1c2c3c4c(c1[N+]1(CCCO4)CCOCC1)OCCC[N+]1(CCOCC1)c1cccc(c1-2)C3=O. The molecule has 7 rings (SSSR count). The number of ketones is 1. The third kappa shape index (κ3) is 3.05. The van der Waals surface area contributed by atoms with Crippen LogP contribution in [0.1, 0.15) is 28.8 Å². The summed E-state index contributed by atoms with van der Waals surface area (Å²) in [5.41, 5.74) is 5.48. The molecule has 8 heteroatoms. The lowest BCUT2D eigenvalue weighted by atomic mass is 9.96. The molecule has 2 saturated heterocycles. The van der Waals surface area contributed by atoms with Gasteiger partial charge in [0.2, 0.25) is 11.4 Å². The molecule has 0 amide bonds. The minimum Gasteiger partial charge on any atom is -0.490 e. The van der Waals surface area contributed by atoms with Gasteiger partial charge in [0.25, 0.3) is 0 Å². The third-order valence-electron chi connectivity index (χ3n) is 8.90. The Morgan fingerprint density at radius 2 is 1.36 bits per heavy atom. The molecule has 0 atom stereocenters. The number of carbonyl (C=O) groups excluding carboxylic acids is 1. The smallest absolute Gasteiger partial charge is 0.227 e. The number of nitrogens with zero attached hydrogens (tertiary/aromatic N) is 2. The minimum absolute atomic E-state index is 0.00707. The Balaban J connectivity index is 1.60. The molecule has 1 aliphatic carbocycles. The molecule has 4 aliphatic heterocycles. The topological polar surface area (TPSA) is 63.2 Å². The first-order valence-electron chi connectivity index (χ1n) is 13.3. The molecule has 2 fully saturated rings. The van der Waals surface area contributed by atoms with Crippen LogP contribution in [-0.4, -0.2) is 91.8 Å². The van der Waals surface area contributed by atoms with Gasteiger partial charge in [-0.05, 0) is 12.1 Å². The highest BCUT2D eigenvalue weighted by molar-refractivity contribution is 6.27. The van der Waals surface area contributed by atoms with Crippen molar-refractivity contribution in [2.75, 3.05) is 86.0 Å². The predicted molar refractivity (Wildman–Crippen MR) is 137 cm³/mol. The van der Waals surface area contributed by atoms with E-state index in [4.69, 9.17) is 23.7 Å². The van der Waals surface area contributed by atoms with Gasteiger partial charge in [-0.3, -0.25) is 13.8 Å². The number of fused-ring (bicyclic) bond motifs is 2. The number of quaternary nitrogens is 2. The molecule has 8 nitrogen and oxygen atoms in total. The number of rotatable bonds is 1. The van der Waals surface area contributed by atoms with Gasteiger partial charge in [-0.15, -0.1) is 0 Å². The fraction of sp³-hybridized carbons (Fsp3) is 0.536. The number of carbonyl (C=O) groups is 1. The zero-order valence-corrected chi connectivity index (χ0v) is 21.0. The summed E-state index contributed by atoms with van der Waals surface area (Å²) in [5, 5.41) is 0. The van der Waals surface area contributed by atoms with E-state index in [1.54, 1.807) is 7.11 Å². The summed E-state index contributed by atoms with van der Waals surface area (Å²) in [6, 6.07) is 6.22. The fourth-order valence-electron chi connectivity index (χ4n) is 7.16. The number of benzene rings is 2. The number of morpholine rings is 2. The van der Waals surface area contributed by atoms with Crippen molar-refractivity contribution in [1.29, 1.82) is 0 Å². The van der Waals surface area contributed by atoms with Gasteiger partial charge in [0, 0.05) is 18.4 Å². The monoisotopic (exact) mass is 494 g/mol. The van der Waals surface area contributed by atoms with Crippen molar-refractivity contribution < 1.29 is 28.5 Å². The van der Waals surface area contributed by atoms with Crippen LogP contribution in [0.2, 0.25) is 0 Å². The van der Waals surface area contributed by atoms with E-state index in [1.807, 2.05) is 12.1 Å². The van der Waals surface area contributed by atoms with Gasteiger partial charge in [-0.25, -0.2) is 0 Å². The highest BCUT2D eigenvalue weighted by Crippen LogP contribution is 2.61. The Kier molecular flexibility index (Phi) is 5.29. The van der Waals surface area contributed by atoms with Gasteiger partial charge in [0.15, 0.2) is 17.3 Å². The maximum atomic E-state index is 14.1. The van der Waals surface area contributed by atoms with Crippen molar-refractivity contribution in [2.45, 2.75) is 12.8 Å². The van der Waals surface area contributed by atoms with E-state index in [-0.39, 0.29) is 5.78 Å². The zero-order valence-electron chi connectivity index (χ0n) is 21.0. The third-order valence-corrected chi connectivity index (χ3v) is 8.90. The van der Waals surface area contributed by atoms with E-state index in [1.165, 1.54) is 5.69 Å². The first-order valence-corrected chi connectivity index (χ1v) is 13.3. The largest absolute Gasteiger partial charge is 0.490 e. The highest BCUT2D eigenvalue weighted by atomic mass is 16.5. The van der Waals surface area contributed by atoms with Gasteiger partial charge in [0.05, 0.1) is 76.5 Å². The van der Waals surface area contributed by atoms with Crippen LogP contribution in [-0.2, 0) is 9.47 Å². The standard InChI is InChI=1S/C28H34N2O6/c1-32-26-22-21-19-5-2-6-20(21)29(9-15-33-16-10-29)7-3-14-36-28-24(26)30(11-17-34-18-12-30)8-4-13-35-27(28)23(22)25(19)31/h2,5-6H,3-4,7-18H2,1H3/q+2. The van der Waals surface area contributed by atoms with Crippen LogP contribution in [0.25, 0.3) is 11.1 Å². The predicted octanol–water partition coefficient (Wildman–Crippen LogP) is 3.15. The van der Waals surface area contributed by atoms with Crippen LogP contribution < -0.4 is 23.2 Å². The maximum absolute atomic E-state index is 14.1. The van der Waals surface area contributed by atoms with Crippen molar-refractivity contribution >= 4 is 17.2 Å². The van der Waals surface area contributed by atoms with Gasteiger partial charge in [-0.1, -0.05) is 6.07 Å². The van der Waals surface area contributed by atoms with Crippen LogP contribution in [0.5, 0.6) is 17.2 Å². The molecule has 0 N–H and O–H groups in total. The molecular formula is C28H34N2O6+2. The number of methoxy groups -OCH3 is 1. The molecule has 36 heavy (non-hydrogen) atoms. The number of hydrogen-bond donors (Lipinski definition) is 0. The summed E-state index contributed by atoms with van der Waals surface area (Å²) < 4.78 is 32.5. The summed E-state index contributed by atoms with van der Waals surface area (Å²) >= 11 is 0. The first-order chi connectivity index (χ1) is 17.7. The average Bonchev–Trinajstić information content (AvgIpc) is 3.20. The van der Waals surface area contributed by atoms with E-state index in [9.17, 15) is 4.79 Å². The van der Waals surface area contributed by atoms with Crippen molar-refractivity contribution in [1.82, 2.24) is 8.97 Å². The number of hydrogen-bond acceptors (Lipinski definition) is 6. The Morgan fingerprint density at radius 1 is 0.722 bits per heavy atom. The Bertz CT molecular complexity index is 1230. The summed E-state index contributed by atoms with van der Waals surface area (Å²) in [7, 11) is 1.73. The molecule has 190 valence electrons. The van der Waals surface area contributed by atoms with Gasteiger partial charge in [0.1, 0.15) is 31.9 Å². The van der Waals surface area contributed by atoms with Gasteiger partial charge < -0.3 is 23.7 Å². The van der Waals surface area contributed by atoms with E-state index >= 15 is 0 Å². The summed E-state index contributed by atoms with van der Waals surface area (Å²) in [6.07, 6.45) is 1.80. The average molecular weight is 495 g/mol. The fourth-order valence-corrected chi connectivity index (χ4v) is 7.16. The summed E-state index contributed by atoms with van der Waals surface area (Å²) in [4.78, 5) is 14.1. The Labute approximate surface area is 211 Å². The lowest BCUT2D eigenvalue weighted by Crippen LogP contribution is -2.57. The molecular weight excluding hydrogens is 460 g/mol. The molecule has 0 radical (unpaired) electrons. The molecule has 2 aromatic carbocycles. The quantitative estimate of drug-likeness (QED) is 0.485. The second-order valence-electron chi connectivity index (χ2n) is 10.6. The Hall–Kier alpha value is -2.65. The normalized spacial score (nSPS) is 23.4. The van der Waals surface area contributed by atoms with Crippen LogP contribution in [0.15, 0.2) is 18.2 Å². The van der Waals surface area contributed by atoms with E-state index in [2.05, 4.69) is 6.07 Å². The molecule has 4 heterocycles. The zero-order chi connectivity index (χ0) is 24.3. The van der Waals surface area contributed by atoms with Crippen LogP contribution in [0, 0.1) is 0 Å². The second kappa shape index (κ2) is 8.45. The molecule has 5 aliphatic rings. The molecule has 0 aromatic heterocycles. The number of ether oxygens (including phenoxy) is 5. The summed E-state index contributed by atoms with van der Waals surface area (Å²) in [5.74, 6) is 2.08. The van der Waals surface area contributed by atoms with Crippen molar-refractivity contribution in [2.24, 2.45) is 0 Å². The molecule has 0 unspecified atom stereocenters. The molecule has 2 spiro atoms. The minimum atomic E-state index is 0.00707. The van der Waals surface area contributed by atoms with E-state index in [0.29, 0.717) is 56.7 Å². The Morgan fingerprint density at radius 3 is 2.06 bits per heavy atom. The lowest BCUT2D eigenvalue weighted by Gasteiger charge is -2.43. The van der Waals surface area contributed by atoms with Crippen molar-refractivity contribution in [3.8, 4) is 28.4 Å². The van der Waals surface area contributed by atoms with E-state index < -0.39 is 0 Å². The van der Waals surface area contributed by atoms with Crippen molar-refractivity contribution in [3.63, 3.8) is 0 Å². The summed E-state index contributed by atoms with van der Waals surface area (Å²) in [6.45, 7) is 9.25. The lowest BCUT2D eigenvalue weighted by molar-refractivity contribution is 0.0337. The first kappa shape index (κ1) is 22.5. The second-order valence-corrected chi connectivity index (χ2v) is 10.6. The van der Waals surface area contributed by atoms with Gasteiger partial charge in [-0.2, -0.15) is 0 Å². The van der Waals surface area contributed by atoms with Crippen molar-refractivity contribution in [3.05, 3.63) is 29.3 Å². The van der Waals surface area contributed by atoms with E-state index in [0.717, 1.165) is 89.2 Å².